The van der Waals surface area contributed by atoms with Crippen LogP contribution in [0.1, 0.15) is 27.0 Å². The number of fused-ring (bicyclic) bond motifs is 1. The van der Waals surface area contributed by atoms with Crippen molar-refractivity contribution in [2.45, 2.75) is 12.3 Å². The summed E-state index contributed by atoms with van der Waals surface area (Å²) in [6, 6.07) is 25.9. The first-order valence-corrected chi connectivity index (χ1v) is 11.1. The second-order valence-corrected chi connectivity index (χ2v) is 8.64. The summed E-state index contributed by atoms with van der Waals surface area (Å²) in [4.78, 5) is 15.0. The molecule has 0 bridgehead atoms. The van der Waals surface area contributed by atoms with Crippen LogP contribution in [0, 0.1) is 0 Å². The first-order chi connectivity index (χ1) is 14.4. The van der Waals surface area contributed by atoms with Crippen LogP contribution in [0.4, 0.5) is 0 Å². The standard InChI is InChI=1S/C23H21NO5S.Na.H/c25-22-20-13-7-8-14-21(20)23(19-11-5-2-6-12-19,29-15-16-30(26,27)28)24(22)17-18-9-3-1-4-10-18;;/h1-14H,15-17H2,(H,26,27,28);;. The number of benzene rings is 3. The summed E-state index contributed by atoms with van der Waals surface area (Å²) < 4.78 is 38.1. The molecule has 6 nitrogen and oxygen atoms in total. The van der Waals surface area contributed by atoms with Crippen LogP contribution in [0.2, 0.25) is 0 Å². The van der Waals surface area contributed by atoms with E-state index >= 15 is 0 Å². The van der Waals surface area contributed by atoms with Crippen LogP contribution < -0.4 is 0 Å². The molecule has 0 aromatic heterocycles. The summed E-state index contributed by atoms with van der Waals surface area (Å²) in [5, 5.41) is 0. The summed E-state index contributed by atoms with van der Waals surface area (Å²) in [5.74, 6) is -0.776. The first kappa shape index (κ1) is 23.7. The van der Waals surface area contributed by atoms with E-state index in [0.717, 1.165) is 5.56 Å². The van der Waals surface area contributed by atoms with E-state index in [0.29, 0.717) is 16.7 Å². The van der Waals surface area contributed by atoms with Crippen LogP contribution in [-0.2, 0) is 27.1 Å². The first-order valence-electron chi connectivity index (χ1n) is 9.52. The van der Waals surface area contributed by atoms with Crippen molar-refractivity contribution in [2.24, 2.45) is 0 Å². The van der Waals surface area contributed by atoms with Gasteiger partial charge in [0.25, 0.3) is 16.0 Å². The molecule has 0 fully saturated rings. The fraction of sp³-hybridized carbons (Fsp3) is 0.174. The van der Waals surface area contributed by atoms with Gasteiger partial charge in [0.05, 0.1) is 12.4 Å². The van der Waals surface area contributed by atoms with Crippen molar-refractivity contribution >= 4 is 45.6 Å². The van der Waals surface area contributed by atoms with Crippen molar-refractivity contribution in [2.75, 3.05) is 12.4 Å². The number of ether oxygens (including phenoxy) is 1. The summed E-state index contributed by atoms with van der Waals surface area (Å²) in [6.45, 7) is -0.00421. The third-order valence-electron chi connectivity index (χ3n) is 5.15. The van der Waals surface area contributed by atoms with E-state index in [-0.39, 0.29) is 48.6 Å². The fourth-order valence-corrected chi connectivity index (χ4v) is 4.15. The molecule has 3 aromatic rings. The van der Waals surface area contributed by atoms with Gasteiger partial charge in [0.1, 0.15) is 0 Å². The Balaban J connectivity index is 0.00000272. The number of amides is 1. The van der Waals surface area contributed by atoms with E-state index in [1.807, 2.05) is 72.8 Å². The number of hydrogen-bond acceptors (Lipinski definition) is 4. The van der Waals surface area contributed by atoms with Gasteiger partial charge in [-0.3, -0.25) is 14.2 Å². The molecule has 31 heavy (non-hydrogen) atoms. The van der Waals surface area contributed by atoms with Crippen LogP contribution in [0.25, 0.3) is 0 Å². The Morgan fingerprint density at radius 3 is 2.10 bits per heavy atom. The predicted octanol–water partition coefficient (Wildman–Crippen LogP) is 2.80. The van der Waals surface area contributed by atoms with Crippen LogP contribution >= 0.6 is 0 Å². The molecule has 0 spiro atoms. The maximum absolute atomic E-state index is 13.4. The summed E-state index contributed by atoms with van der Waals surface area (Å²) >= 11 is 0. The van der Waals surface area contributed by atoms with E-state index in [9.17, 15) is 17.8 Å². The van der Waals surface area contributed by atoms with Gasteiger partial charge in [-0.2, -0.15) is 8.42 Å². The number of carbonyl (C=O) groups is 1. The van der Waals surface area contributed by atoms with Crippen molar-refractivity contribution in [3.8, 4) is 0 Å². The van der Waals surface area contributed by atoms with Crippen molar-refractivity contribution in [1.29, 1.82) is 0 Å². The Kier molecular flexibility index (Phi) is 7.36. The average Bonchev–Trinajstić information content (AvgIpc) is 2.98. The Labute approximate surface area is 203 Å². The molecule has 1 unspecified atom stereocenters. The van der Waals surface area contributed by atoms with E-state index in [2.05, 4.69) is 0 Å². The van der Waals surface area contributed by atoms with Gasteiger partial charge >= 0.3 is 29.6 Å². The van der Waals surface area contributed by atoms with Gasteiger partial charge in [0, 0.05) is 23.2 Å². The van der Waals surface area contributed by atoms with E-state index in [1.165, 1.54) is 0 Å². The zero-order valence-electron chi connectivity index (χ0n) is 16.1. The third kappa shape index (κ3) is 4.77. The Morgan fingerprint density at radius 1 is 0.871 bits per heavy atom. The molecule has 0 saturated carbocycles. The molecule has 1 atom stereocenters. The number of rotatable bonds is 7. The minimum atomic E-state index is -4.22. The molecule has 1 N–H and O–H groups in total. The molecule has 3 aromatic carbocycles. The van der Waals surface area contributed by atoms with E-state index in [4.69, 9.17) is 4.74 Å². The Morgan fingerprint density at radius 2 is 1.45 bits per heavy atom. The number of carbonyl (C=O) groups excluding carboxylic acids is 1. The fourth-order valence-electron chi connectivity index (χ4n) is 3.86. The number of hydrogen-bond donors (Lipinski definition) is 1. The monoisotopic (exact) mass is 447 g/mol. The second kappa shape index (κ2) is 9.65. The Hall–Kier alpha value is -2.00. The van der Waals surface area contributed by atoms with Gasteiger partial charge in [0.2, 0.25) is 0 Å². The molecule has 0 aliphatic carbocycles. The SMILES string of the molecule is O=C1c2ccccc2C(OCCS(=O)(=O)O)(c2ccccc2)N1Cc1ccccc1.[NaH]. The number of nitrogens with zero attached hydrogens (tertiary/aromatic N) is 1. The average molecular weight is 447 g/mol. The summed E-state index contributed by atoms with van der Waals surface area (Å²) in [7, 11) is -4.22. The molecular formula is C23H22NNaO5S. The zero-order chi connectivity index (χ0) is 21.2. The predicted molar refractivity (Wildman–Crippen MR) is 119 cm³/mol. The minimum absolute atomic E-state index is 0. The molecule has 0 saturated heterocycles. The van der Waals surface area contributed by atoms with Crippen molar-refractivity contribution in [3.63, 3.8) is 0 Å². The molecule has 1 aliphatic heterocycles. The molecule has 0 radical (unpaired) electrons. The van der Waals surface area contributed by atoms with Crippen LogP contribution in [0.3, 0.4) is 0 Å². The van der Waals surface area contributed by atoms with Gasteiger partial charge in [-0.15, -0.1) is 0 Å². The molecule has 1 amide bonds. The van der Waals surface area contributed by atoms with Gasteiger partial charge in [-0.05, 0) is 11.6 Å². The summed E-state index contributed by atoms with van der Waals surface area (Å²) in [6.07, 6.45) is 0. The van der Waals surface area contributed by atoms with Gasteiger partial charge in [0.15, 0.2) is 5.72 Å². The topological polar surface area (TPSA) is 83.9 Å². The Bertz CT molecular complexity index is 1150. The third-order valence-corrected chi connectivity index (χ3v) is 5.83. The van der Waals surface area contributed by atoms with E-state index < -0.39 is 21.6 Å². The van der Waals surface area contributed by atoms with Crippen molar-refractivity contribution < 1.29 is 22.5 Å². The molecule has 1 heterocycles. The van der Waals surface area contributed by atoms with Gasteiger partial charge in [-0.25, -0.2) is 0 Å². The quantitative estimate of drug-likeness (QED) is 0.445. The van der Waals surface area contributed by atoms with Gasteiger partial charge < -0.3 is 4.74 Å². The zero-order valence-corrected chi connectivity index (χ0v) is 17.0. The second-order valence-electron chi connectivity index (χ2n) is 7.07. The van der Waals surface area contributed by atoms with Crippen molar-refractivity contribution in [3.05, 3.63) is 107 Å². The molecule has 8 heteroatoms. The molecular weight excluding hydrogens is 425 g/mol. The molecule has 1 aliphatic rings. The van der Waals surface area contributed by atoms with Crippen LogP contribution in [-0.4, -0.2) is 65.7 Å². The summed E-state index contributed by atoms with van der Waals surface area (Å²) in [5.41, 5.74) is 1.46. The normalized spacial score (nSPS) is 17.8. The van der Waals surface area contributed by atoms with Crippen LogP contribution in [0.15, 0.2) is 84.9 Å². The van der Waals surface area contributed by atoms with Gasteiger partial charge in [-0.1, -0.05) is 78.9 Å². The van der Waals surface area contributed by atoms with Crippen molar-refractivity contribution in [1.82, 2.24) is 4.90 Å². The van der Waals surface area contributed by atoms with Crippen LogP contribution in [0.5, 0.6) is 0 Å². The molecule has 4 rings (SSSR count). The maximum atomic E-state index is 13.4. The van der Waals surface area contributed by atoms with E-state index in [1.54, 1.807) is 17.0 Å². The molecule has 156 valence electrons.